The molecule has 1 unspecified atom stereocenters. The number of imide groups is 1. The standard InChI is InChI=1S/C31H32N4O5/c36-29-6-5-28(30(37)33-29)35-15-23-13-25(3-4-27(23)31(35)38)40-26-7-9-34(17-26)16-24-12-22-11-19(21-8-10-39-18-21)1-2-20(22)14-32-24/h1-4,11-14,21,26,28H,5-10,15-18H2,(H,33,36,37)/t21-,26+,28?/m1/s1. The maximum Gasteiger partial charge on any atom is 0.255 e. The quantitative estimate of drug-likeness (QED) is 0.480. The molecule has 0 saturated carbocycles. The first-order chi connectivity index (χ1) is 19.5. The number of pyridine rings is 1. The summed E-state index contributed by atoms with van der Waals surface area (Å²) < 4.78 is 11.9. The van der Waals surface area contributed by atoms with E-state index in [1.165, 1.54) is 10.9 Å². The molecular formula is C31H32N4O5. The zero-order valence-electron chi connectivity index (χ0n) is 22.3. The highest BCUT2D eigenvalue weighted by Gasteiger charge is 2.39. The molecule has 0 aliphatic carbocycles. The number of carbonyl (C=O) groups is 3. The van der Waals surface area contributed by atoms with Crippen LogP contribution in [0.1, 0.15) is 58.8 Å². The minimum absolute atomic E-state index is 0.0517. The average molecular weight is 541 g/mol. The predicted octanol–water partition coefficient (Wildman–Crippen LogP) is 3.15. The van der Waals surface area contributed by atoms with Crippen LogP contribution in [0.15, 0.2) is 48.7 Å². The summed E-state index contributed by atoms with van der Waals surface area (Å²) >= 11 is 0. The van der Waals surface area contributed by atoms with Gasteiger partial charge in [0.15, 0.2) is 0 Å². The van der Waals surface area contributed by atoms with Crippen LogP contribution in [-0.4, -0.2) is 71.0 Å². The molecule has 0 spiro atoms. The molecule has 0 radical (unpaired) electrons. The highest BCUT2D eigenvalue weighted by atomic mass is 16.5. The fourth-order valence-electron chi connectivity index (χ4n) is 6.43. The number of fused-ring (bicyclic) bond motifs is 2. The lowest BCUT2D eigenvalue weighted by Gasteiger charge is -2.29. The van der Waals surface area contributed by atoms with Gasteiger partial charge >= 0.3 is 0 Å². The number of carbonyl (C=O) groups excluding carboxylic acids is 3. The lowest BCUT2D eigenvalue weighted by Crippen LogP contribution is -2.52. The van der Waals surface area contributed by atoms with Gasteiger partial charge in [0.25, 0.3) is 5.91 Å². The number of nitrogens with zero attached hydrogens (tertiary/aromatic N) is 3. The van der Waals surface area contributed by atoms with Crippen molar-refractivity contribution in [1.82, 2.24) is 20.1 Å². The first-order valence-corrected chi connectivity index (χ1v) is 14.1. The van der Waals surface area contributed by atoms with Crippen molar-refractivity contribution in [1.29, 1.82) is 0 Å². The van der Waals surface area contributed by atoms with Gasteiger partial charge in [-0.25, -0.2) is 0 Å². The lowest BCUT2D eigenvalue weighted by molar-refractivity contribution is -0.136. The van der Waals surface area contributed by atoms with Crippen LogP contribution in [0, 0.1) is 0 Å². The van der Waals surface area contributed by atoms with Crippen LogP contribution in [-0.2, 0) is 27.4 Å². The molecular weight excluding hydrogens is 508 g/mol. The van der Waals surface area contributed by atoms with Crippen molar-refractivity contribution in [2.24, 2.45) is 0 Å². The van der Waals surface area contributed by atoms with E-state index in [-0.39, 0.29) is 24.3 Å². The second-order valence-electron chi connectivity index (χ2n) is 11.3. The highest BCUT2D eigenvalue weighted by molar-refractivity contribution is 6.05. The van der Waals surface area contributed by atoms with Crippen molar-refractivity contribution < 1.29 is 23.9 Å². The molecule has 3 fully saturated rings. The van der Waals surface area contributed by atoms with Crippen LogP contribution < -0.4 is 10.1 Å². The molecule has 7 rings (SSSR count). The van der Waals surface area contributed by atoms with Gasteiger partial charge in [-0.2, -0.15) is 0 Å². The third-order valence-corrected chi connectivity index (χ3v) is 8.62. The molecule has 3 aromatic rings. The van der Waals surface area contributed by atoms with Crippen LogP contribution >= 0.6 is 0 Å². The third-order valence-electron chi connectivity index (χ3n) is 8.62. The molecule has 9 nitrogen and oxygen atoms in total. The van der Waals surface area contributed by atoms with Crippen molar-refractivity contribution in [2.45, 2.75) is 56.8 Å². The zero-order valence-corrected chi connectivity index (χ0v) is 22.3. The molecule has 3 saturated heterocycles. The summed E-state index contributed by atoms with van der Waals surface area (Å²) in [5, 5.41) is 4.72. The summed E-state index contributed by atoms with van der Waals surface area (Å²) in [5.74, 6) is 0.359. The second-order valence-corrected chi connectivity index (χ2v) is 11.3. The molecule has 3 amide bonds. The van der Waals surface area contributed by atoms with Crippen LogP contribution in [0.25, 0.3) is 10.8 Å². The Morgan fingerprint density at radius 2 is 1.95 bits per heavy atom. The smallest absolute Gasteiger partial charge is 0.255 e. The largest absolute Gasteiger partial charge is 0.489 e. The Bertz CT molecular complexity index is 1500. The monoisotopic (exact) mass is 540 g/mol. The van der Waals surface area contributed by atoms with Gasteiger partial charge in [-0.15, -0.1) is 0 Å². The Hall–Kier alpha value is -3.82. The van der Waals surface area contributed by atoms with E-state index in [0.717, 1.165) is 68.1 Å². The number of hydrogen-bond donors (Lipinski definition) is 1. The molecule has 2 aromatic carbocycles. The van der Waals surface area contributed by atoms with Gasteiger partial charge in [-0.1, -0.05) is 18.2 Å². The maximum atomic E-state index is 13.0. The molecule has 3 atom stereocenters. The van der Waals surface area contributed by atoms with E-state index >= 15 is 0 Å². The number of benzene rings is 2. The Kier molecular flexibility index (Phi) is 6.48. The van der Waals surface area contributed by atoms with Crippen LogP contribution in [0.5, 0.6) is 5.75 Å². The van der Waals surface area contributed by atoms with Gasteiger partial charge in [-0.3, -0.25) is 29.6 Å². The highest BCUT2D eigenvalue weighted by Crippen LogP contribution is 2.32. The number of hydrogen-bond acceptors (Lipinski definition) is 7. The molecule has 4 aliphatic rings. The fourth-order valence-corrected chi connectivity index (χ4v) is 6.43. The van der Waals surface area contributed by atoms with E-state index in [4.69, 9.17) is 14.5 Å². The molecule has 5 heterocycles. The summed E-state index contributed by atoms with van der Waals surface area (Å²) in [5.41, 5.74) is 3.84. The van der Waals surface area contributed by atoms with Crippen molar-refractivity contribution >= 4 is 28.5 Å². The van der Waals surface area contributed by atoms with Gasteiger partial charge in [0, 0.05) is 62.3 Å². The zero-order chi connectivity index (χ0) is 27.2. The first kappa shape index (κ1) is 25.2. The Labute approximate surface area is 232 Å². The van der Waals surface area contributed by atoms with Crippen LogP contribution in [0.4, 0.5) is 0 Å². The van der Waals surface area contributed by atoms with Crippen molar-refractivity contribution in [3.63, 3.8) is 0 Å². The van der Waals surface area contributed by atoms with Crippen molar-refractivity contribution in [2.75, 3.05) is 26.3 Å². The number of likely N-dealkylation sites (tertiary alicyclic amines) is 1. The minimum Gasteiger partial charge on any atom is -0.489 e. The molecule has 4 aliphatic heterocycles. The Balaban J connectivity index is 0.978. The van der Waals surface area contributed by atoms with Crippen LogP contribution in [0.2, 0.25) is 0 Å². The van der Waals surface area contributed by atoms with E-state index in [2.05, 4.69) is 34.5 Å². The molecule has 1 aromatic heterocycles. The van der Waals surface area contributed by atoms with Gasteiger partial charge in [0.1, 0.15) is 17.9 Å². The minimum atomic E-state index is -0.614. The van der Waals surface area contributed by atoms with E-state index in [0.29, 0.717) is 24.4 Å². The molecule has 40 heavy (non-hydrogen) atoms. The van der Waals surface area contributed by atoms with E-state index in [9.17, 15) is 14.4 Å². The summed E-state index contributed by atoms with van der Waals surface area (Å²) in [6, 6.07) is 13.8. The number of rotatable bonds is 6. The lowest BCUT2D eigenvalue weighted by atomic mass is 9.96. The van der Waals surface area contributed by atoms with Gasteiger partial charge < -0.3 is 14.4 Å². The summed E-state index contributed by atoms with van der Waals surface area (Å²) in [6.45, 7) is 4.49. The van der Waals surface area contributed by atoms with Gasteiger partial charge in [-0.05, 0) is 60.0 Å². The number of ether oxygens (including phenoxy) is 2. The molecule has 0 bridgehead atoms. The Morgan fingerprint density at radius 3 is 2.80 bits per heavy atom. The summed E-state index contributed by atoms with van der Waals surface area (Å²) in [7, 11) is 0. The average Bonchev–Trinajstić information content (AvgIpc) is 3.70. The molecule has 206 valence electrons. The first-order valence-electron chi connectivity index (χ1n) is 14.1. The van der Waals surface area contributed by atoms with Crippen molar-refractivity contribution in [3.05, 3.63) is 71.0 Å². The third kappa shape index (κ3) is 4.84. The molecule has 1 N–H and O–H groups in total. The van der Waals surface area contributed by atoms with Crippen LogP contribution in [0.3, 0.4) is 0 Å². The molecule has 9 heteroatoms. The van der Waals surface area contributed by atoms with E-state index < -0.39 is 11.9 Å². The van der Waals surface area contributed by atoms with E-state index in [1.807, 2.05) is 18.3 Å². The predicted molar refractivity (Wildman–Crippen MR) is 147 cm³/mol. The second kappa shape index (κ2) is 10.3. The maximum absolute atomic E-state index is 13.0. The van der Waals surface area contributed by atoms with Gasteiger partial charge in [0.2, 0.25) is 11.8 Å². The number of piperidine rings is 1. The van der Waals surface area contributed by atoms with Gasteiger partial charge in [0.05, 0.1) is 12.3 Å². The Morgan fingerprint density at radius 1 is 1.02 bits per heavy atom. The van der Waals surface area contributed by atoms with E-state index in [1.54, 1.807) is 11.0 Å². The SMILES string of the molecule is O=C1CCC(N2Cc3cc(O[C@H]4CCN(Cc5cc6cc([C@@H]7CCOC7)ccc6cn5)C4)ccc3C2=O)C(=O)N1. The van der Waals surface area contributed by atoms with Crippen molar-refractivity contribution in [3.8, 4) is 5.75 Å². The topological polar surface area (TPSA) is 101 Å². The summed E-state index contributed by atoms with van der Waals surface area (Å²) in [4.78, 5) is 45.4. The number of nitrogens with one attached hydrogen (secondary N) is 1. The number of aromatic nitrogens is 1. The number of amides is 3. The summed E-state index contributed by atoms with van der Waals surface area (Å²) in [6.07, 6.45) is 4.61. The fraction of sp³-hybridized carbons (Fsp3) is 0.419. The normalized spacial score (nSPS) is 25.1.